The van der Waals surface area contributed by atoms with Crippen LogP contribution in [0.15, 0.2) is 29.2 Å². The molecule has 24 heavy (non-hydrogen) atoms. The molecule has 3 heterocycles. The Hall–Kier alpha value is -2.12. The number of ether oxygens (including phenoxy) is 1. The second-order valence-electron chi connectivity index (χ2n) is 6.08. The second-order valence-corrected chi connectivity index (χ2v) is 6.08. The fourth-order valence-electron chi connectivity index (χ4n) is 3.03. The molecule has 0 aliphatic carbocycles. The lowest BCUT2D eigenvalue weighted by Gasteiger charge is -2.33. The van der Waals surface area contributed by atoms with Gasteiger partial charge in [0.15, 0.2) is 0 Å². The Balaban J connectivity index is 1.62. The van der Waals surface area contributed by atoms with Crippen LogP contribution in [-0.2, 0) is 29.0 Å². The number of carbonyl (C=O) groups excluding carboxylic acids is 1. The molecule has 3 rings (SSSR count). The highest BCUT2D eigenvalue weighted by Crippen LogP contribution is 2.26. The van der Waals surface area contributed by atoms with E-state index in [1.54, 1.807) is 19.6 Å². The van der Waals surface area contributed by atoms with Crippen LogP contribution in [0.4, 0.5) is 0 Å². The summed E-state index contributed by atoms with van der Waals surface area (Å²) in [7, 11) is 1.62. The van der Waals surface area contributed by atoms with Crippen molar-refractivity contribution in [1.82, 2.24) is 19.8 Å². The molecular weight excluding hydrogens is 308 g/mol. The van der Waals surface area contributed by atoms with Crippen molar-refractivity contribution in [3.8, 4) is 0 Å². The van der Waals surface area contributed by atoms with Gasteiger partial charge in [0.2, 0.25) is 5.91 Å². The number of amides is 1. The van der Waals surface area contributed by atoms with E-state index in [1.807, 2.05) is 12.3 Å². The van der Waals surface area contributed by atoms with E-state index >= 15 is 0 Å². The summed E-state index contributed by atoms with van der Waals surface area (Å²) in [6.45, 7) is 5.88. The summed E-state index contributed by atoms with van der Waals surface area (Å²) in [5, 5.41) is 2.83. The predicted octanol–water partition coefficient (Wildman–Crippen LogP) is 1.36. The molecule has 7 nitrogen and oxygen atoms in total. The zero-order chi connectivity index (χ0) is 16.9. The van der Waals surface area contributed by atoms with E-state index in [2.05, 4.69) is 26.7 Å². The Morgan fingerprint density at radius 3 is 3.12 bits per heavy atom. The summed E-state index contributed by atoms with van der Waals surface area (Å²) >= 11 is 0. The highest BCUT2D eigenvalue weighted by atomic mass is 16.5. The Bertz CT molecular complexity index is 665. The maximum atomic E-state index is 11.9. The van der Waals surface area contributed by atoms with Crippen LogP contribution < -0.4 is 5.32 Å². The topological polar surface area (TPSA) is 72.5 Å². The number of methoxy groups -OCH3 is 1. The van der Waals surface area contributed by atoms with Crippen LogP contribution in [0.25, 0.3) is 0 Å². The standard InChI is InChI=1S/C17H24N4O3/c1-13-17-19-15(9-16(22)18-4-8-23-2)11-21(17)6-5-20(13)10-14-3-7-24-12-14/h3,7,11-13H,4-6,8-10H2,1-2H3,(H,18,22)/t13-/m1/s1. The number of imidazole rings is 1. The first kappa shape index (κ1) is 16.7. The molecule has 0 fully saturated rings. The van der Waals surface area contributed by atoms with E-state index in [-0.39, 0.29) is 11.9 Å². The molecular formula is C17H24N4O3. The Morgan fingerprint density at radius 1 is 1.50 bits per heavy atom. The van der Waals surface area contributed by atoms with Crippen molar-refractivity contribution in [3.63, 3.8) is 0 Å². The van der Waals surface area contributed by atoms with Gasteiger partial charge < -0.3 is 19.0 Å². The van der Waals surface area contributed by atoms with Crippen LogP contribution >= 0.6 is 0 Å². The number of rotatable bonds is 7. The van der Waals surface area contributed by atoms with Gasteiger partial charge in [-0.15, -0.1) is 0 Å². The van der Waals surface area contributed by atoms with Crippen molar-refractivity contribution >= 4 is 5.91 Å². The van der Waals surface area contributed by atoms with E-state index in [4.69, 9.17) is 9.15 Å². The zero-order valence-corrected chi connectivity index (χ0v) is 14.2. The van der Waals surface area contributed by atoms with Gasteiger partial charge in [-0.2, -0.15) is 0 Å². The number of nitrogens with one attached hydrogen (secondary N) is 1. The van der Waals surface area contributed by atoms with E-state index in [9.17, 15) is 4.79 Å². The number of hydrogen-bond donors (Lipinski definition) is 1. The largest absolute Gasteiger partial charge is 0.472 e. The first-order valence-electron chi connectivity index (χ1n) is 8.24. The molecule has 0 saturated heterocycles. The van der Waals surface area contributed by atoms with Gasteiger partial charge in [0.25, 0.3) is 0 Å². The molecule has 1 N–H and O–H groups in total. The summed E-state index contributed by atoms with van der Waals surface area (Å²) < 4.78 is 12.2. The molecule has 0 bridgehead atoms. The number of fused-ring (bicyclic) bond motifs is 1. The van der Waals surface area contributed by atoms with E-state index in [1.165, 1.54) is 5.56 Å². The number of hydrogen-bond acceptors (Lipinski definition) is 5. The van der Waals surface area contributed by atoms with Gasteiger partial charge in [-0.25, -0.2) is 4.98 Å². The molecule has 1 amide bonds. The maximum absolute atomic E-state index is 11.9. The smallest absolute Gasteiger partial charge is 0.226 e. The third kappa shape index (κ3) is 3.85. The van der Waals surface area contributed by atoms with Gasteiger partial charge in [-0.3, -0.25) is 9.69 Å². The number of aromatic nitrogens is 2. The molecule has 7 heteroatoms. The molecule has 0 unspecified atom stereocenters. The summed E-state index contributed by atoms with van der Waals surface area (Å²) in [6, 6.07) is 2.20. The quantitative estimate of drug-likeness (QED) is 0.775. The third-order valence-electron chi connectivity index (χ3n) is 4.34. The van der Waals surface area contributed by atoms with Crippen LogP contribution in [0.3, 0.4) is 0 Å². The van der Waals surface area contributed by atoms with E-state index < -0.39 is 0 Å². The SMILES string of the molecule is COCCNC(=O)Cc1cn2c(n1)[C@@H](C)N(Cc1ccoc1)CC2. The molecule has 130 valence electrons. The summed E-state index contributed by atoms with van der Waals surface area (Å²) in [4.78, 5) is 19.0. The van der Waals surface area contributed by atoms with Gasteiger partial charge in [-0.05, 0) is 13.0 Å². The molecule has 0 saturated carbocycles. The molecule has 0 aromatic carbocycles. The normalized spacial score (nSPS) is 17.7. The average Bonchev–Trinajstić information content (AvgIpc) is 3.20. The molecule has 1 aliphatic rings. The van der Waals surface area contributed by atoms with Crippen molar-refractivity contribution < 1.29 is 13.9 Å². The molecule has 0 radical (unpaired) electrons. The number of nitrogens with zero attached hydrogens (tertiary/aromatic N) is 3. The fourth-order valence-corrected chi connectivity index (χ4v) is 3.03. The highest BCUT2D eigenvalue weighted by molar-refractivity contribution is 5.78. The first-order valence-corrected chi connectivity index (χ1v) is 8.24. The third-order valence-corrected chi connectivity index (χ3v) is 4.34. The monoisotopic (exact) mass is 332 g/mol. The van der Waals surface area contributed by atoms with Crippen LogP contribution in [0.1, 0.15) is 30.0 Å². The second kappa shape index (κ2) is 7.63. The predicted molar refractivity (Wildman–Crippen MR) is 88.3 cm³/mol. The van der Waals surface area contributed by atoms with Crippen LogP contribution in [0.5, 0.6) is 0 Å². The van der Waals surface area contributed by atoms with E-state index in [0.717, 1.165) is 31.2 Å². The minimum absolute atomic E-state index is 0.0228. The lowest BCUT2D eigenvalue weighted by Crippen LogP contribution is -2.36. The van der Waals surface area contributed by atoms with Crippen molar-refractivity contribution in [3.05, 3.63) is 41.9 Å². The molecule has 2 aromatic heterocycles. The molecule has 0 spiro atoms. The summed E-state index contributed by atoms with van der Waals surface area (Å²) in [5.74, 6) is 0.995. The lowest BCUT2D eigenvalue weighted by molar-refractivity contribution is -0.120. The first-order chi connectivity index (χ1) is 11.7. The Morgan fingerprint density at radius 2 is 2.38 bits per heavy atom. The maximum Gasteiger partial charge on any atom is 0.226 e. The minimum Gasteiger partial charge on any atom is -0.472 e. The van der Waals surface area contributed by atoms with Crippen molar-refractivity contribution in [2.24, 2.45) is 0 Å². The van der Waals surface area contributed by atoms with Gasteiger partial charge in [0.05, 0.1) is 37.3 Å². The summed E-state index contributed by atoms with van der Waals surface area (Å²) in [6.07, 6.45) is 5.78. The number of furan rings is 1. The molecule has 2 aromatic rings. The highest BCUT2D eigenvalue weighted by Gasteiger charge is 2.26. The van der Waals surface area contributed by atoms with Crippen LogP contribution in [0.2, 0.25) is 0 Å². The fraction of sp³-hybridized carbons (Fsp3) is 0.529. The Labute approximate surface area is 141 Å². The number of carbonyl (C=O) groups is 1. The van der Waals surface area contributed by atoms with E-state index in [0.29, 0.717) is 19.6 Å². The van der Waals surface area contributed by atoms with Gasteiger partial charge in [-0.1, -0.05) is 0 Å². The van der Waals surface area contributed by atoms with Gasteiger partial charge in [0.1, 0.15) is 5.82 Å². The van der Waals surface area contributed by atoms with Crippen molar-refractivity contribution in [2.45, 2.75) is 32.5 Å². The van der Waals surface area contributed by atoms with Gasteiger partial charge in [0, 0.05) is 45.0 Å². The summed E-state index contributed by atoms with van der Waals surface area (Å²) in [5.41, 5.74) is 1.98. The minimum atomic E-state index is -0.0228. The lowest BCUT2D eigenvalue weighted by atomic mass is 10.2. The Kier molecular flexibility index (Phi) is 5.32. The van der Waals surface area contributed by atoms with Crippen molar-refractivity contribution in [2.75, 3.05) is 26.8 Å². The van der Waals surface area contributed by atoms with Crippen LogP contribution in [0, 0.1) is 0 Å². The van der Waals surface area contributed by atoms with Crippen LogP contribution in [-0.4, -0.2) is 47.2 Å². The van der Waals surface area contributed by atoms with Crippen molar-refractivity contribution in [1.29, 1.82) is 0 Å². The van der Waals surface area contributed by atoms with Gasteiger partial charge >= 0.3 is 0 Å². The molecule has 1 aliphatic heterocycles. The zero-order valence-electron chi connectivity index (χ0n) is 14.2. The average molecular weight is 332 g/mol. The molecule has 1 atom stereocenters.